The maximum atomic E-state index is 5.29. The first-order chi connectivity index (χ1) is 12.0. The highest BCUT2D eigenvalue weighted by Gasteiger charge is 2.19. The molecule has 0 radical (unpaired) electrons. The van der Waals surface area contributed by atoms with Crippen molar-refractivity contribution in [3.8, 4) is 17.0 Å². The van der Waals surface area contributed by atoms with E-state index < -0.39 is 0 Å². The fourth-order valence-corrected chi connectivity index (χ4v) is 2.64. The molecule has 1 N–H and O–H groups in total. The summed E-state index contributed by atoms with van der Waals surface area (Å²) in [5.41, 5.74) is 3.42. The molecule has 0 amide bonds. The molecular weight excluding hydrogens is 318 g/mol. The molecule has 3 rings (SSSR count). The van der Waals surface area contributed by atoms with Crippen molar-refractivity contribution < 1.29 is 9.47 Å². The molecular formula is C18H23N5O2. The first-order valence-corrected chi connectivity index (χ1v) is 8.11. The van der Waals surface area contributed by atoms with Crippen molar-refractivity contribution in [3.63, 3.8) is 0 Å². The van der Waals surface area contributed by atoms with Crippen LogP contribution in [0.25, 0.3) is 16.9 Å². The lowest BCUT2D eigenvalue weighted by molar-refractivity contribution is 0.112. The van der Waals surface area contributed by atoms with Crippen LogP contribution in [0, 0.1) is 5.41 Å². The monoisotopic (exact) mass is 341 g/mol. The largest absolute Gasteiger partial charge is 0.497 e. The summed E-state index contributed by atoms with van der Waals surface area (Å²) in [7, 11) is 3.37. The van der Waals surface area contributed by atoms with Gasteiger partial charge in [0.1, 0.15) is 12.1 Å². The summed E-state index contributed by atoms with van der Waals surface area (Å²) < 4.78 is 12.2. The van der Waals surface area contributed by atoms with E-state index in [9.17, 15) is 0 Å². The van der Waals surface area contributed by atoms with Gasteiger partial charge in [-0.1, -0.05) is 13.8 Å². The maximum Gasteiger partial charge on any atom is 0.200 e. The predicted octanol–water partition coefficient (Wildman–Crippen LogP) is 2.88. The number of hydrogen-bond donors (Lipinski definition) is 1. The number of fused-ring (bicyclic) bond motifs is 1. The molecule has 132 valence electrons. The molecule has 3 aromatic rings. The van der Waals surface area contributed by atoms with Crippen LogP contribution in [-0.4, -0.2) is 47.2 Å². The van der Waals surface area contributed by atoms with Gasteiger partial charge in [-0.3, -0.25) is 0 Å². The zero-order chi connectivity index (χ0) is 17.9. The first-order valence-electron chi connectivity index (χ1n) is 8.11. The Labute approximate surface area is 147 Å². The normalized spacial score (nSPS) is 11.7. The molecule has 0 saturated carbocycles. The third-order valence-corrected chi connectivity index (χ3v) is 3.95. The molecule has 25 heavy (non-hydrogen) atoms. The molecule has 0 atom stereocenters. The van der Waals surface area contributed by atoms with E-state index in [2.05, 4.69) is 34.5 Å². The summed E-state index contributed by atoms with van der Waals surface area (Å²) >= 11 is 0. The average molecular weight is 341 g/mol. The van der Waals surface area contributed by atoms with Gasteiger partial charge in [-0.25, -0.2) is 0 Å². The number of methoxy groups -OCH3 is 2. The van der Waals surface area contributed by atoms with Gasteiger partial charge in [-0.2, -0.15) is 9.61 Å². The van der Waals surface area contributed by atoms with E-state index in [1.54, 1.807) is 25.1 Å². The molecule has 7 heteroatoms. The molecule has 0 fully saturated rings. The number of benzene rings is 1. The van der Waals surface area contributed by atoms with E-state index >= 15 is 0 Å². The fraction of sp³-hybridized carbons (Fsp3) is 0.389. The molecule has 0 unspecified atom stereocenters. The quantitative estimate of drug-likeness (QED) is 0.712. The minimum absolute atomic E-state index is 0.00465. The Hall–Kier alpha value is -2.67. The second-order valence-corrected chi connectivity index (χ2v) is 6.72. The smallest absolute Gasteiger partial charge is 0.200 e. The lowest BCUT2D eigenvalue weighted by atomic mass is 9.95. The zero-order valence-electron chi connectivity index (χ0n) is 15.0. The molecule has 2 aromatic heterocycles. The SMILES string of the molecule is COCC(C)(C)CNc1cc(-c2ccc(OC)cc2)nn2cnnc12. The van der Waals surface area contributed by atoms with Crippen molar-refractivity contribution >= 4 is 11.3 Å². The highest BCUT2D eigenvalue weighted by atomic mass is 16.5. The highest BCUT2D eigenvalue weighted by molar-refractivity contribution is 5.73. The van der Waals surface area contributed by atoms with Crippen molar-refractivity contribution in [2.75, 3.05) is 32.7 Å². The van der Waals surface area contributed by atoms with Gasteiger partial charge >= 0.3 is 0 Å². The molecule has 7 nitrogen and oxygen atoms in total. The van der Waals surface area contributed by atoms with Gasteiger partial charge in [-0.05, 0) is 30.3 Å². The van der Waals surface area contributed by atoms with Crippen molar-refractivity contribution in [1.29, 1.82) is 0 Å². The van der Waals surface area contributed by atoms with E-state index in [4.69, 9.17) is 9.47 Å². The number of rotatable bonds is 7. The molecule has 0 aliphatic heterocycles. The number of hydrogen-bond acceptors (Lipinski definition) is 6. The highest BCUT2D eigenvalue weighted by Crippen LogP contribution is 2.26. The van der Waals surface area contributed by atoms with Crippen LogP contribution in [0.15, 0.2) is 36.7 Å². The van der Waals surface area contributed by atoms with Crippen LogP contribution in [0.1, 0.15) is 13.8 Å². The van der Waals surface area contributed by atoms with E-state index in [1.165, 1.54) is 0 Å². The van der Waals surface area contributed by atoms with E-state index in [1.807, 2.05) is 30.3 Å². The number of anilines is 1. The fourth-order valence-electron chi connectivity index (χ4n) is 2.64. The lowest BCUT2D eigenvalue weighted by Gasteiger charge is -2.24. The van der Waals surface area contributed by atoms with Crippen LogP contribution >= 0.6 is 0 Å². The van der Waals surface area contributed by atoms with Crippen LogP contribution in [0.2, 0.25) is 0 Å². The standard InChI is InChI=1S/C18H23N5O2/c1-18(2,11-24-3)10-19-16-9-15(22-23-12-20-21-17(16)23)13-5-7-14(25-4)8-6-13/h5-9,12,19H,10-11H2,1-4H3. The first kappa shape index (κ1) is 17.2. The van der Waals surface area contributed by atoms with Crippen LogP contribution in [0.3, 0.4) is 0 Å². The zero-order valence-corrected chi connectivity index (χ0v) is 15.0. The van der Waals surface area contributed by atoms with Gasteiger partial charge in [0.05, 0.1) is 25.1 Å². The Kier molecular flexibility index (Phi) is 4.85. The van der Waals surface area contributed by atoms with E-state index in [0.29, 0.717) is 12.3 Å². The van der Waals surface area contributed by atoms with Crippen LogP contribution in [0.4, 0.5) is 5.69 Å². The minimum Gasteiger partial charge on any atom is -0.497 e. The van der Waals surface area contributed by atoms with Gasteiger partial charge in [0.25, 0.3) is 0 Å². The molecule has 2 heterocycles. The Bertz CT molecular complexity index is 842. The maximum absolute atomic E-state index is 5.29. The number of nitrogens with one attached hydrogen (secondary N) is 1. The Morgan fingerprint density at radius 2 is 1.92 bits per heavy atom. The van der Waals surface area contributed by atoms with Crippen LogP contribution in [0.5, 0.6) is 5.75 Å². The molecule has 0 aliphatic rings. The summed E-state index contributed by atoms with van der Waals surface area (Å²) in [6.07, 6.45) is 1.60. The summed E-state index contributed by atoms with van der Waals surface area (Å²) in [4.78, 5) is 0. The molecule has 1 aromatic carbocycles. The third-order valence-electron chi connectivity index (χ3n) is 3.95. The lowest BCUT2D eigenvalue weighted by Crippen LogP contribution is -2.28. The van der Waals surface area contributed by atoms with Gasteiger partial charge in [0, 0.05) is 24.6 Å². The van der Waals surface area contributed by atoms with E-state index in [-0.39, 0.29) is 5.41 Å². The number of aromatic nitrogens is 4. The second kappa shape index (κ2) is 7.06. The number of ether oxygens (including phenoxy) is 2. The van der Waals surface area contributed by atoms with Gasteiger partial charge < -0.3 is 14.8 Å². The van der Waals surface area contributed by atoms with Crippen molar-refractivity contribution in [2.24, 2.45) is 5.41 Å². The Balaban J connectivity index is 1.93. The van der Waals surface area contributed by atoms with E-state index in [0.717, 1.165) is 29.2 Å². The predicted molar refractivity (Wildman–Crippen MR) is 96.9 cm³/mol. The molecule has 0 bridgehead atoms. The molecule has 0 aliphatic carbocycles. The third kappa shape index (κ3) is 3.88. The Morgan fingerprint density at radius 3 is 2.60 bits per heavy atom. The minimum atomic E-state index is -0.00465. The topological polar surface area (TPSA) is 73.6 Å². The van der Waals surface area contributed by atoms with Gasteiger partial charge in [0.2, 0.25) is 5.65 Å². The second-order valence-electron chi connectivity index (χ2n) is 6.72. The van der Waals surface area contributed by atoms with Crippen LogP contribution < -0.4 is 10.1 Å². The summed E-state index contributed by atoms with van der Waals surface area (Å²) in [6, 6.07) is 9.80. The van der Waals surface area contributed by atoms with Crippen LogP contribution in [-0.2, 0) is 4.74 Å². The van der Waals surface area contributed by atoms with Gasteiger partial charge in [0.15, 0.2) is 0 Å². The summed E-state index contributed by atoms with van der Waals surface area (Å²) in [6.45, 7) is 5.71. The number of nitrogens with zero attached hydrogens (tertiary/aromatic N) is 4. The summed E-state index contributed by atoms with van der Waals surface area (Å²) in [5.74, 6) is 0.814. The van der Waals surface area contributed by atoms with Gasteiger partial charge in [-0.15, -0.1) is 10.2 Å². The average Bonchev–Trinajstić information content (AvgIpc) is 3.08. The summed E-state index contributed by atoms with van der Waals surface area (Å²) in [5, 5.41) is 16.2. The Morgan fingerprint density at radius 1 is 1.16 bits per heavy atom. The molecule has 0 spiro atoms. The van der Waals surface area contributed by atoms with Crippen molar-refractivity contribution in [3.05, 3.63) is 36.7 Å². The van der Waals surface area contributed by atoms with Crippen molar-refractivity contribution in [2.45, 2.75) is 13.8 Å². The van der Waals surface area contributed by atoms with Crippen molar-refractivity contribution in [1.82, 2.24) is 19.8 Å². The molecule has 0 saturated heterocycles.